The molecule has 0 aliphatic carbocycles. The molecule has 3 rings (SSSR count). The number of aryl methyl sites for hydroxylation is 1. The Balaban J connectivity index is 1.85. The molecule has 0 bridgehead atoms. The van der Waals surface area contributed by atoms with Crippen LogP contribution in [0.3, 0.4) is 0 Å². The number of thiazole rings is 1. The normalized spacial score (nSPS) is 10.8. The SMILES string of the molecule is CCN(Cc1cccs1)C(=O)c1sc(-c2ccc(Cl)cc2)nc1C. The first-order valence-corrected chi connectivity index (χ1v) is 9.71. The van der Waals surface area contributed by atoms with E-state index in [-0.39, 0.29) is 5.91 Å². The molecule has 0 fully saturated rings. The average Bonchev–Trinajstić information content (AvgIpc) is 3.22. The highest BCUT2D eigenvalue weighted by Gasteiger charge is 2.21. The van der Waals surface area contributed by atoms with E-state index in [0.717, 1.165) is 16.3 Å². The van der Waals surface area contributed by atoms with E-state index in [0.29, 0.717) is 23.0 Å². The fraction of sp³-hybridized carbons (Fsp3) is 0.222. The summed E-state index contributed by atoms with van der Waals surface area (Å²) in [5.74, 6) is 0.0427. The molecule has 124 valence electrons. The molecule has 2 aromatic heterocycles. The zero-order valence-corrected chi connectivity index (χ0v) is 15.8. The van der Waals surface area contributed by atoms with Crippen molar-refractivity contribution in [2.45, 2.75) is 20.4 Å². The monoisotopic (exact) mass is 376 g/mol. The van der Waals surface area contributed by atoms with Gasteiger partial charge in [0.05, 0.1) is 12.2 Å². The van der Waals surface area contributed by atoms with Crippen LogP contribution in [0.4, 0.5) is 0 Å². The molecule has 0 aliphatic heterocycles. The summed E-state index contributed by atoms with van der Waals surface area (Å²) in [5.41, 5.74) is 1.76. The molecule has 3 aromatic rings. The van der Waals surface area contributed by atoms with Gasteiger partial charge in [-0.15, -0.1) is 22.7 Å². The van der Waals surface area contributed by atoms with Crippen molar-refractivity contribution in [1.29, 1.82) is 0 Å². The Kier molecular flexibility index (Phi) is 5.33. The summed E-state index contributed by atoms with van der Waals surface area (Å²) in [7, 11) is 0. The van der Waals surface area contributed by atoms with E-state index in [4.69, 9.17) is 11.6 Å². The van der Waals surface area contributed by atoms with E-state index in [1.807, 2.05) is 54.5 Å². The number of rotatable bonds is 5. The summed E-state index contributed by atoms with van der Waals surface area (Å²) >= 11 is 9.05. The van der Waals surface area contributed by atoms with Crippen LogP contribution in [0.1, 0.15) is 27.2 Å². The van der Waals surface area contributed by atoms with Crippen molar-refractivity contribution >= 4 is 40.2 Å². The molecule has 0 saturated carbocycles. The van der Waals surface area contributed by atoms with Crippen molar-refractivity contribution in [2.24, 2.45) is 0 Å². The zero-order chi connectivity index (χ0) is 17.1. The first-order chi connectivity index (χ1) is 11.6. The van der Waals surface area contributed by atoms with E-state index >= 15 is 0 Å². The number of thiophene rings is 1. The third kappa shape index (κ3) is 3.69. The Labute approximate surface area is 154 Å². The Bertz CT molecular complexity index is 825. The molecular formula is C18H17ClN2OS2. The lowest BCUT2D eigenvalue weighted by Gasteiger charge is -2.19. The Hall–Kier alpha value is -1.69. The number of aromatic nitrogens is 1. The predicted octanol–water partition coefficient (Wildman–Crippen LogP) is 5.50. The van der Waals surface area contributed by atoms with Gasteiger partial charge in [0.15, 0.2) is 0 Å². The second kappa shape index (κ2) is 7.47. The highest BCUT2D eigenvalue weighted by molar-refractivity contribution is 7.17. The van der Waals surface area contributed by atoms with Gasteiger partial charge >= 0.3 is 0 Å². The van der Waals surface area contributed by atoms with Crippen LogP contribution < -0.4 is 0 Å². The number of halogens is 1. The zero-order valence-electron chi connectivity index (χ0n) is 13.5. The maximum Gasteiger partial charge on any atom is 0.266 e. The topological polar surface area (TPSA) is 33.2 Å². The van der Waals surface area contributed by atoms with Gasteiger partial charge in [-0.2, -0.15) is 0 Å². The molecule has 0 N–H and O–H groups in total. The number of carbonyl (C=O) groups excluding carboxylic acids is 1. The molecule has 0 spiro atoms. The highest BCUT2D eigenvalue weighted by Crippen LogP contribution is 2.30. The molecule has 3 nitrogen and oxygen atoms in total. The lowest BCUT2D eigenvalue weighted by Crippen LogP contribution is -2.29. The minimum atomic E-state index is 0.0427. The van der Waals surface area contributed by atoms with Crippen molar-refractivity contribution < 1.29 is 4.79 Å². The van der Waals surface area contributed by atoms with Crippen LogP contribution >= 0.6 is 34.3 Å². The van der Waals surface area contributed by atoms with Crippen LogP contribution in [0, 0.1) is 6.92 Å². The molecule has 0 saturated heterocycles. The van der Waals surface area contributed by atoms with Gasteiger partial charge in [0.2, 0.25) is 0 Å². The maximum absolute atomic E-state index is 12.9. The Morgan fingerprint density at radius 1 is 1.25 bits per heavy atom. The van der Waals surface area contributed by atoms with Gasteiger partial charge in [0.25, 0.3) is 5.91 Å². The molecule has 2 heterocycles. The first-order valence-electron chi connectivity index (χ1n) is 7.63. The van der Waals surface area contributed by atoms with Gasteiger partial charge in [0, 0.05) is 22.0 Å². The van der Waals surface area contributed by atoms with Gasteiger partial charge in [0.1, 0.15) is 9.88 Å². The van der Waals surface area contributed by atoms with E-state index in [1.165, 1.54) is 16.2 Å². The second-order valence-corrected chi connectivity index (χ2v) is 7.81. The Morgan fingerprint density at radius 3 is 2.62 bits per heavy atom. The first kappa shape index (κ1) is 17.1. The summed E-state index contributed by atoms with van der Waals surface area (Å²) in [6, 6.07) is 11.6. The average molecular weight is 377 g/mol. The quantitative estimate of drug-likeness (QED) is 0.589. The molecular weight excluding hydrogens is 360 g/mol. The molecule has 0 radical (unpaired) electrons. The lowest BCUT2D eigenvalue weighted by molar-refractivity contribution is 0.0758. The van der Waals surface area contributed by atoms with Crippen molar-refractivity contribution in [2.75, 3.05) is 6.54 Å². The summed E-state index contributed by atoms with van der Waals surface area (Å²) in [6.07, 6.45) is 0. The van der Waals surface area contributed by atoms with Crippen LogP contribution in [0.25, 0.3) is 10.6 Å². The van der Waals surface area contributed by atoms with Crippen molar-refractivity contribution in [3.05, 3.63) is 62.2 Å². The summed E-state index contributed by atoms with van der Waals surface area (Å²) in [6.45, 7) is 5.20. The van der Waals surface area contributed by atoms with Gasteiger partial charge in [-0.3, -0.25) is 4.79 Å². The number of benzene rings is 1. The summed E-state index contributed by atoms with van der Waals surface area (Å²) in [4.78, 5) is 21.2. The maximum atomic E-state index is 12.9. The molecule has 0 atom stereocenters. The third-order valence-electron chi connectivity index (χ3n) is 3.68. The summed E-state index contributed by atoms with van der Waals surface area (Å²) < 4.78 is 0. The van der Waals surface area contributed by atoms with Gasteiger partial charge in [-0.05, 0) is 37.4 Å². The van der Waals surface area contributed by atoms with E-state index in [1.54, 1.807) is 11.3 Å². The minimum Gasteiger partial charge on any atom is -0.333 e. The molecule has 0 aliphatic rings. The van der Waals surface area contributed by atoms with Gasteiger partial charge < -0.3 is 4.90 Å². The minimum absolute atomic E-state index is 0.0427. The smallest absolute Gasteiger partial charge is 0.266 e. The molecule has 1 aromatic carbocycles. The fourth-order valence-corrected chi connectivity index (χ4v) is 4.26. The van der Waals surface area contributed by atoms with Crippen molar-refractivity contribution in [3.63, 3.8) is 0 Å². The number of amides is 1. The number of hydrogen-bond acceptors (Lipinski definition) is 4. The standard InChI is InChI=1S/C18H17ClN2OS2/c1-3-21(11-15-5-4-10-23-15)18(22)16-12(2)20-17(24-16)13-6-8-14(19)9-7-13/h4-10H,3,11H2,1-2H3. The van der Waals surface area contributed by atoms with E-state index in [2.05, 4.69) is 11.1 Å². The molecule has 0 unspecified atom stereocenters. The van der Waals surface area contributed by atoms with Crippen LogP contribution in [-0.2, 0) is 6.54 Å². The van der Waals surface area contributed by atoms with Crippen LogP contribution in [0.2, 0.25) is 5.02 Å². The third-order valence-corrected chi connectivity index (χ3v) is 5.99. The molecule has 6 heteroatoms. The van der Waals surface area contributed by atoms with E-state index < -0.39 is 0 Å². The fourth-order valence-electron chi connectivity index (χ4n) is 2.37. The molecule has 24 heavy (non-hydrogen) atoms. The van der Waals surface area contributed by atoms with Crippen LogP contribution in [0.15, 0.2) is 41.8 Å². The number of nitrogens with zero attached hydrogens (tertiary/aromatic N) is 2. The Morgan fingerprint density at radius 2 is 2.00 bits per heavy atom. The van der Waals surface area contributed by atoms with E-state index in [9.17, 15) is 4.79 Å². The number of hydrogen-bond donors (Lipinski definition) is 0. The largest absolute Gasteiger partial charge is 0.333 e. The van der Waals surface area contributed by atoms with Crippen LogP contribution in [-0.4, -0.2) is 22.3 Å². The second-order valence-electron chi connectivity index (χ2n) is 5.34. The predicted molar refractivity (Wildman–Crippen MR) is 102 cm³/mol. The van der Waals surface area contributed by atoms with Crippen LogP contribution in [0.5, 0.6) is 0 Å². The van der Waals surface area contributed by atoms with Gasteiger partial charge in [-0.25, -0.2) is 4.98 Å². The molecule has 1 amide bonds. The number of carbonyl (C=O) groups is 1. The lowest BCUT2D eigenvalue weighted by atomic mass is 10.2. The van der Waals surface area contributed by atoms with Gasteiger partial charge in [-0.1, -0.05) is 29.8 Å². The summed E-state index contributed by atoms with van der Waals surface area (Å²) in [5, 5.41) is 3.57. The van der Waals surface area contributed by atoms with Crippen molar-refractivity contribution in [1.82, 2.24) is 9.88 Å². The highest BCUT2D eigenvalue weighted by atomic mass is 35.5. The van der Waals surface area contributed by atoms with Crippen molar-refractivity contribution in [3.8, 4) is 10.6 Å².